The molecule has 3 rings (SSSR count). The van der Waals surface area contributed by atoms with Crippen molar-refractivity contribution in [2.24, 2.45) is 0 Å². The van der Waals surface area contributed by atoms with Gasteiger partial charge in [-0.15, -0.1) is 0 Å². The van der Waals surface area contributed by atoms with Gasteiger partial charge in [0.15, 0.2) is 6.61 Å². The Kier molecular flexibility index (Phi) is 10.8. The predicted molar refractivity (Wildman–Crippen MR) is 152 cm³/mol. The highest BCUT2D eigenvalue weighted by Crippen LogP contribution is 2.24. The molecule has 0 aliphatic rings. The number of hydrogen-bond donors (Lipinski definition) is 1. The van der Waals surface area contributed by atoms with Crippen molar-refractivity contribution >= 4 is 11.8 Å². The predicted octanol–water partition coefficient (Wildman–Crippen LogP) is 5.56. The summed E-state index contributed by atoms with van der Waals surface area (Å²) in [5.74, 6) is 0.965. The summed E-state index contributed by atoms with van der Waals surface area (Å²) >= 11 is 0. The number of benzene rings is 3. The molecule has 202 valence electrons. The van der Waals surface area contributed by atoms with E-state index in [9.17, 15) is 9.59 Å². The van der Waals surface area contributed by atoms with Crippen molar-refractivity contribution < 1.29 is 19.1 Å². The van der Waals surface area contributed by atoms with Crippen molar-refractivity contribution in [1.29, 1.82) is 0 Å². The van der Waals surface area contributed by atoms with Gasteiger partial charge in [-0.1, -0.05) is 61.9 Å². The van der Waals surface area contributed by atoms with Gasteiger partial charge in [-0.3, -0.25) is 9.59 Å². The van der Waals surface area contributed by atoms with Crippen LogP contribution in [-0.2, 0) is 22.6 Å². The van der Waals surface area contributed by atoms with Crippen LogP contribution in [0.5, 0.6) is 11.5 Å². The first-order valence-electron chi connectivity index (χ1n) is 13.3. The van der Waals surface area contributed by atoms with Gasteiger partial charge in [0.25, 0.3) is 5.91 Å². The number of aryl methyl sites for hydroxylation is 2. The van der Waals surface area contributed by atoms with Gasteiger partial charge in [-0.05, 0) is 73.2 Å². The molecule has 0 fully saturated rings. The summed E-state index contributed by atoms with van der Waals surface area (Å²) in [5, 5.41) is 3.05. The lowest BCUT2D eigenvalue weighted by Gasteiger charge is -2.31. The number of amides is 2. The van der Waals surface area contributed by atoms with Gasteiger partial charge in [-0.2, -0.15) is 0 Å². The van der Waals surface area contributed by atoms with E-state index >= 15 is 0 Å². The molecule has 2 amide bonds. The third-order valence-electron chi connectivity index (χ3n) is 6.70. The van der Waals surface area contributed by atoms with Crippen LogP contribution in [0.2, 0.25) is 0 Å². The van der Waals surface area contributed by atoms with Crippen LogP contribution in [0, 0.1) is 20.8 Å². The summed E-state index contributed by atoms with van der Waals surface area (Å²) in [6.07, 6.45) is 2.25. The SMILES string of the molecule is CCCCNC(=O)[C@@H](Cc1ccccc1)N(Cc1cccc(OC)c1)C(=O)COc1cc(C)cc(C)c1C. The molecule has 0 unspecified atom stereocenters. The maximum atomic E-state index is 13.8. The normalized spacial score (nSPS) is 11.5. The molecular weight excluding hydrogens is 476 g/mol. The molecule has 6 heteroatoms. The molecule has 0 aromatic heterocycles. The first-order valence-corrected chi connectivity index (χ1v) is 13.3. The molecule has 1 atom stereocenters. The maximum Gasteiger partial charge on any atom is 0.261 e. The minimum atomic E-state index is -0.697. The second kappa shape index (κ2) is 14.2. The largest absolute Gasteiger partial charge is 0.497 e. The number of hydrogen-bond acceptors (Lipinski definition) is 4. The van der Waals surface area contributed by atoms with Gasteiger partial charge in [-0.25, -0.2) is 0 Å². The van der Waals surface area contributed by atoms with E-state index in [1.807, 2.05) is 81.4 Å². The topological polar surface area (TPSA) is 67.9 Å². The summed E-state index contributed by atoms with van der Waals surface area (Å²) in [6, 6.07) is 20.7. The minimum absolute atomic E-state index is 0.165. The molecule has 1 N–H and O–H groups in total. The lowest BCUT2D eigenvalue weighted by molar-refractivity contribution is -0.142. The zero-order chi connectivity index (χ0) is 27.5. The fourth-order valence-electron chi connectivity index (χ4n) is 4.40. The van der Waals surface area contributed by atoms with E-state index in [0.717, 1.165) is 40.7 Å². The number of carbonyl (C=O) groups is 2. The van der Waals surface area contributed by atoms with Crippen molar-refractivity contribution in [3.8, 4) is 11.5 Å². The molecule has 0 saturated carbocycles. The van der Waals surface area contributed by atoms with Crippen LogP contribution in [0.3, 0.4) is 0 Å². The first kappa shape index (κ1) is 28.8. The number of carbonyl (C=O) groups excluding carboxylic acids is 2. The molecule has 0 heterocycles. The molecule has 0 aliphatic heterocycles. The molecule has 3 aromatic carbocycles. The summed E-state index contributed by atoms with van der Waals surface area (Å²) in [6.45, 7) is 8.77. The number of rotatable bonds is 13. The third kappa shape index (κ3) is 8.10. The molecule has 0 radical (unpaired) electrons. The fourth-order valence-corrected chi connectivity index (χ4v) is 4.40. The molecule has 6 nitrogen and oxygen atoms in total. The Morgan fingerprint density at radius 1 is 0.947 bits per heavy atom. The van der Waals surface area contributed by atoms with Crippen LogP contribution in [0.4, 0.5) is 0 Å². The molecule has 3 aromatic rings. The Labute approximate surface area is 227 Å². The number of unbranched alkanes of at least 4 members (excludes halogenated alkanes) is 1. The molecular formula is C32H40N2O4. The Hall–Kier alpha value is -3.80. The van der Waals surface area contributed by atoms with Crippen LogP contribution < -0.4 is 14.8 Å². The van der Waals surface area contributed by atoms with E-state index in [4.69, 9.17) is 9.47 Å². The standard InChI is InChI=1S/C32H40N2O4/c1-6-7-16-33-32(36)29(20-26-12-9-8-10-13-26)34(21-27-14-11-15-28(19-27)37-5)31(35)22-38-30-18-23(2)17-24(3)25(30)4/h8-15,17-19,29H,6-7,16,20-22H2,1-5H3,(H,33,36)/t29-/m1/s1. The van der Waals surface area contributed by atoms with Crippen LogP contribution in [0.1, 0.15) is 47.6 Å². The van der Waals surface area contributed by atoms with Crippen molar-refractivity contribution in [3.05, 3.63) is 94.5 Å². The molecule has 0 aliphatic carbocycles. The van der Waals surface area contributed by atoms with Crippen molar-refractivity contribution in [1.82, 2.24) is 10.2 Å². The van der Waals surface area contributed by atoms with Crippen LogP contribution in [0.25, 0.3) is 0 Å². The Morgan fingerprint density at radius 3 is 2.39 bits per heavy atom. The summed E-state index contributed by atoms with van der Waals surface area (Å²) in [5.41, 5.74) is 5.04. The van der Waals surface area contributed by atoms with Gasteiger partial charge >= 0.3 is 0 Å². The minimum Gasteiger partial charge on any atom is -0.497 e. The second-order valence-corrected chi connectivity index (χ2v) is 9.72. The molecule has 38 heavy (non-hydrogen) atoms. The van der Waals surface area contributed by atoms with Crippen LogP contribution >= 0.6 is 0 Å². The van der Waals surface area contributed by atoms with Crippen molar-refractivity contribution in [2.75, 3.05) is 20.3 Å². The van der Waals surface area contributed by atoms with Crippen LogP contribution in [0.15, 0.2) is 66.7 Å². The Bertz CT molecular complexity index is 1210. The highest BCUT2D eigenvalue weighted by atomic mass is 16.5. The van der Waals surface area contributed by atoms with Gasteiger partial charge in [0.1, 0.15) is 17.5 Å². The van der Waals surface area contributed by atoms with E-state index in [-0.39, 0.29) is 25.0 Å². The lowest BCUT2D eigenvalue weighted by Crippen LogP contribution is -2.51. The monoisotopic (exact) mass is 516 g/mol. The molecule has 0 saturated heterocycles. The quantitative estimate of drug-likeness (QED) is 0.302. The van der Waals surface area contributed by atoms with Gasteiger partial charge in [0.2, 0.25) is 5.91 Å². The molecule has 0 bridgehead atoms. The lowest BCUT2D eigenvalue weighted by atomic mass is 10.0. The highest BCUT2D eigenvalue weighted by Gasteiger charge is 2.30. The number of nitrogens with zero attached hydrogens (tertiary/aromatic N) is 1. The Morgan fingerprint density at radius 2 is 1.68 bits per heavy atom. The summed E-state index contributed by atoms with van der Waals surface area (Å²) < 4.78 is 11.5. The molecule has 0 spiro atoms. The van der Waals surface area contributed by atoms with Crippen molar-refractivity contribution in [2.45, 2.75) is 59.5 Å². The number of ether oxygens (including phenoxy) is 2. The Balaban J connectivity index is 1.93. The van der Waals surface area contributed by atoms with E-state index in [1.165, 1.54) is 0 Å². The number of methoxy groups -OCH3 is 1. The summed E-state index contributed by atoms with van der Waals surface area (Å²) in [7, 11) is 1.61. The average Bonchev–Trinajstić information content (AvgIpc) is 2.92. The van der Waals surface area contributed by atoms with Crippen molar-refractivity contribution in [3.63, 3.8) is 0 Å². The smallest absolute Gasteiger partial charge is 0.261 e. The summed E-state index contributed by atoms with van der Waals surface area (Å²) in [4.78, 5) is 29.0. The second-order valence-electron chi connectivity index (χ2n) is 9.72. The van der Waals surface area contributed by atoms with E-state index < -0.39 is 6.04 Å². The van der Waals surface area contributed by atoms with E-state index in [2.05, 4.69) is 18.3 Å². The average molecular weight is 517 g/mol. The van der Waals surface area contributed by atoms with Gasteiger partial charge < -0.3 is 19.7 Å². The van der Waals surface area contributed by atoms with Crippen LogP contribution in [-0.4, -0.2) is 43.0 Å². The van der Waals surface area contributed by atoms with Gasteiger partial charge in [0, 0.05) is 19.5 Å². The zero-order valence-corrected chi connectivity index (χ0v) is 23.3. The van der Waals surface area contributed by atoms with E-state index in [1.54, 1.807) is 12.0 Å². The van der Waals surface area contributed by atoms with E-state index in [0.29, 0.717) is 24.5 Å². The highest BCUT2D eigenvalue weighted by molar-refractivity contribution is 5.88. The maximum absolute atomic E-state index is 13.8. The third-order valence-corrected chi connectivity index (χ3v) is 6.70. The van der Waals surface area contributed by atoms with Gasteiger partial charge in [0.05, 0.1) is 7.11 Å². The number of nitrogens with one attached hydrogen (secondary N) is 1. The first-order chi connectivity index (χ1) is 18.3. The zero-order valence-electron chi connectivity index (χ0n) is 23.3. The fraction of sp³-hybridized carbons (Fsp3) is 0.375.